The van der Waals surface area contributed by atoms with Gasteiger partial charge in [-0.15, -0.1) is 0 Å². The molecule has 3 nitrogen and oxygen atoms in total. The lowest BCUT2D eigenvalue weighted by Gasteiger charge is -2.27. The Kier molecular flexibility index (Phi) is 4.05. The lowest BCUT2D eigenvalue weighted by Crippen LogP contribution is -2.27. The molecule has 1 unspecified atom stereocenters. The Morgan fingerprint density at radius 1 is 1.32 bits per heavy atom. The standard InChI is InChI=1S/C15H24ClN3/c1-6-12-17-13(16)10(2)14(18-12)19-8-7-11(9-19)15(3,4)5/h11H,6-9H2,1-5H3. The van der Waals surface area contributed by atoms with Crippen LogP contribution >= 0.6 is 11.6 Å². The third-order valence-corrected chi connectivity index (χ3v) is 4.50. The van der Waals surface area contributed by atoms with Crippen molar-refractivity contribution >= 4 is 17.4 Å². The molecule has 4 heteroatoms. The second-order valence-electron chi connectivity index (χ2n) is 6.53. The number of hydrogen-bond acceptors (Lipinski definition) is 3. The number of nitrogens with zero attached hydrogens (tertiary/aromatic N) is 3. The van der Waals surface area contributed by atoms with Crippen LogP contribution in [0, 0.1) is 18.3 Å². The lowest BCUT2D eigenvalue weighted by molar-refractivity contribution is 0.263. The van der Waals surface area contributed by atoms with Crippen molar-refractivity contribution in [2.24, 2.45) is 11.3 Å². The normalized spacial score (nSPS) is 20.1. The summed E-state index contributed by atoms with van der Waals surface area (Å²) in [6.45, 7) is 13.2. The summed E-state index contributed by atoms with van der Waals surface area (Å²) >= 11 is 6.22. The zero-order chi connectivity index (χ0) is 14.2. The summed E-state index contributed by atoms with van der Waals surface area (Å²) in [5.41, 5.74) is 1.36. The predicted octanol–water partition coefficient (Wildman–Crippen LogP) is 3.87. The molecular weight excluding hydrogens is 258 g/mol. The van der Waals surface area contributed by atoms with E-state index in [2.05, 4.69) is 42.6 Å². The van der Waals surface area contributed by atoms with Gasteiger partial charge in [0.05, 0.1) is 0 Å². The van der Waals surface area contributed by atoms with Crippen LogP contribution < -0.4 is 4.90 Å². The Labute approximate surface area is 121 Å². The summed E-state index contributed by atoms with van der Waals surface area (Å²) in [4.78, 5) is 11.4. The van der Waals surface area contributed by atoms with Gasteiger partial charge in [-0.1, -0.05) is 39.3 Å². The van der Waals surface area contributed by atoms with Crippen LogP contribution in [0.1, 0.15) is 45.5 Å². The third kappa shape index (κ3) is 3.02. The molecule has 1 aliphatic rings. The van der Waals surface area contributed by atoms with Crippen LogP contribution in [0.15, 0.2) is 0 Å². The van der Waals surface area contributed by atoms with Crippen molar-refractivity contribution in [1.29, 1.82) is 0 Å². The number of anilines is 1. The number of aromatic nitrogens is 2. The maximum atomic E-state index is 6.22. The highest BCUT2D eigenvalue weighted by molar-refractivity contribution is 6.30. The van der Waals surface area contributed by atoms with E-state index in [1.54, 1.807) is 0 Å². The molecule has 19 heavy (non-hydrogen) atoms. The minimum Gasteiger partial charge on any atom is -0.356 e. The summed E-state index contributed by atoms with van der Waals surface area (Å²) in [6, 6.07) is 0. The van der Waals surface area contributed by atoms with Crippen molar-refractivity contribution in [2.75, 3.05) is 18.0 Å². The fourth-order valence-corrected chi connectivity index (χ4v) is 2.83. The molecule has 0 bridgehead atoms. The van der Waals surface area contributed by atoms with Gasteiger partial charge < -0.3 is 4.90 Å². The molecule has 2 rings (SSSR count). The number of aryl methyl sites for hydroxylation is 1. The monoisotopic (exact) mass is 281 g/mol. The molecule has 106 valence electrons. The minimum absolute atomic E-state index is 0.354. The van der Waals surface area contributed by atoms with E-state index in [9.17, 15) is 0 Å². The number of hydrogen-bond donors (Lipinski definition) is 0. The average molecular weight is 282 g/mol. The van der Waals surface area contributed by atoms with E-state index in [4.69, 9.17) is 11.6 Å². The second kappa shape index (κ2) is 5.28. The highest BCUT2D eigenvalue weighted by Crippen LogP contribution is 2.36. The first-order valence-corrected chi connectivity index (χ1v) is 7.48. The largest absolute Gasteiger partial charge is 0.356 e. The van der Waals surface area contributed by atoms with Gasteiger partial charge in [-0.2, -0.15) is 0 Å². The molecule has 0 aliphatic carbocycles. The van der Waals surface area contributed by atoms with Crippen LogP contribution in [-0.2, 0) is 6.42 Å². The molecule has 0 amide bonds. The zero-order valence-corrected chi connectivity index (χ0v) is 13.4. The van der Waals surface area contributed by atoms with E-state index in [0.717, 1.165) is 36.7 Å². The molecule has 1 fully saturated rings. The van der Waals surface area contributed by atoms with Gasteiger partial charge in [-0.25, -0.2) is 9.97 Å². The summed E-state index contributed by atoms with van der Waals surface area (Å²) in [6.07, 6.45) is 2.05. The highest BCUT2D eigenvalue weighted by atomic mass is 35.5. The number of halogens is 1. The maximum absolute atomic E-state index is 6.22. The molecule has 1 aliphatic heterocycles. The van der Waals surface area contributed by atoms with Crippen molar-refractivity contribution in [1.82, 2.24) is 9.97 Å². The van der Waals surface area contributed by atoms with E-state index in [1.807, 2.05) is 6.92 Å². The first-order valence-electron chi connectivity index (χ1n) is 7.11. The lowest BCUT2D eigenvalue weighted by atomic mass is 9.80. The molecule has 0 saturated carbocycles. The highest BCUT2D eigenvalue weighted by Gasteiger charge is 2.33. The van der Waals surface area contributed by atoms with Crippen LogP contribution in [0.25, 0.3) is 0 Å². The van der Waals surface area contributed by atoms with Crippen LogP contribution in [-0.4, -0.2) is 23.1 Å². The summed E-state index contributed by atoms with van der Waals surface area (Å²) in [7, 11) is 0. The Morgan fingerprint density at radius 3 is 2.53 bits per heavy atom. The first kappa shape index (κ1) is 14.6. The third-order valence-electron chi connectivity index (χ3n) is 4.14. The van der Waals surface area contributed by atoms with Crippen LogP contribution in [0.3, 0.4) is 0 Å². The molecule has 0 spiro atoms. The Morgan fingerprint density at radius 2 is 2.00 bits per heavy atom. The van der Waals surface area contributed by atoms with E-state index in [1.165, 1.54) is 6.42 Å². The predicted molar refractivity (Wildman–Crippen MR) is 80.9 cm³/mol. The Balaban J connectivity index is 2.26. The van der Waals surface area contributed by atoms with Crippen molar-refractivity contribution in [3.05, 3.63) is 16.5 Å². The van der Waals surface area contributed by atoms with Crippen molar-refractivity contribution in [3.8, 4) is 0 Å². The van der Waals surface area contributed by atoms with E-state index in [0.29, 0.717) is 16.5 Å². The SMILES string of the molecule is CCc1nc(Cl)c(C)c(N2CCC(C(C)(C)C)C2)n1. The Bertz CT molecular complexity index is 465. The van der Waals surface area contributed by atoms with Gasteiger partial charge >= 0.3 is 0 Å². The first-order chi connectivity index (χ1) is 8.82. The fraction of sp³-hybridized carbons (Fsp3) is 0.733. The van der Waals surface area contributed by atoms with Gasteiger partial charge in [0, 0.05) is 25.1 Å². The summed E-state index contributed by atoms with van der Waals surface area (Å²) < 4.78 is 0. The van der Waals surface area contributed by atoms with Gasteiger partial charge in [0.15, 0.2) is 0 Å². The van der Waals surface area contributed by atoms with Gasteiger partial charge in [-0.3, -0.25) is 0 Å². The van der Waals surface area contributed by atoms with Crippen LogP contribution in [0.5, 0.6) is 0 Å². The smallest absolute Gasteiger partial charge is 0.137 e. The van der Waals surface area contributed by atoms with Crippen molar-refractivity contribution < 1.29 is 0 Å². The molecule has 0 aromatic carbocycles. The minimum atomic E-state index is 0.354. The quantitative estimate of drug-likeness (QED) is 0.771. The molecule has 1 saturated heterocycles. The molecule has 1 aromatic rings. The maximum Gasteiger partial charge on any atom is 0.137 e. The van der Waals surface area contributed by atoms with Gasteiger partial charge in [0.2, 0.25) is 0 Å². The van der Waals surface area contributed by atoms with Crippen molar-refractivity contribution in [3.63, 3.8) is 0 Å². The van der Waals surface area contributed by atoms with Gasteiger partial charge in [0.1, 0.15) is 16.8 Å². The fourth-order valence-electron chi connectivity index (χ4n) is 2.65. The van der Waals surface area contributed by atoms with E-state index >= 15 is 0 Å². The van der Waals surface area contributed by atoms with Crippen LogP contribution in [0.4, 0.5) is 5.82 Å². The van der Waals surface area contributed by atoms with E-state index in [-0.39, 0.29) is 0 Å². The molecule has 0 N–H and O–H groups in total. The van der Waals surface area contributed by atoms with E-state index < -0.39 is 0 Å². The zero-order valence-electron chi connectivity index (χ0n) is 12.6. The molecule has 1 aromatic heterocycles. The number of rotatable bonds is 2. The molecular formula is C15H24ClN3. The van der Waals surface area contributed by atoms with Gasteiger partial charge in [-0.05, 0) is 24.7 Å². The second-order valence-corrected chi connectivity index (χ2v) is 6.89. The molecule has 2 heterocycles. The molecule has 0 radical (unpaired) electrons. The average Bonchev–Trinajstić information content (AvgIpc) is 2.81. The molecule has 1 atom stereocenters. The summed E-state index contributed by atoms with van der Waals surface area (Å²) in [5, 5.41) is 0.598. The van der Waals surface area contributed by atoms with Crippen molar-refractivity contribution in [2.45, 2.75) is 47.5 Å². The Hall–Kier alpha value is -0.830. The summed E-state index contributed by atoms with van der Waals surface area (Å²) in [5.74, 6) is 2.58. The van der Waals surface area contributed by atoms with Crippen LogP contribution in [0.2, 0.25) is 5.15 Å². The topological polar surface area (TPSA) is 29.0 Å². The van der Waals surface area contributed by atoms with Gasteiger partial charge in [0.25, 0.3) is 0 Å².